The van der Waals surface area contributed by atoms with E-state index in [-0.39, 0.29) is 11.7 Å². The quantitative estimate of drug-likeness (QED) is 0.840. The maximum Gasteiger partial charge on any atom is 0.169 e. The zero-order valence-corrected chi connectivity index (χ0v) is 13.4. The molecular weight excluding hydrogens is 278 g/mol. The lowest BCUT2D eigenvalue weighted by atomic mass is 10.1. The van der Waals surface area contributed by atoms with Crippen LogP contribution in [-0.2, 0) is 4.74 Å². The van der Waals surface area contributed by atoms with E-state index in [2.05, 4.69) is 4.98 Å². The van der Waals surface area contributed by atoms with Gasteiger partial charge < -0.3 is 14.2 Å². The fourth-order valence-electron chi connectivity index (χ4n) is 2.44. The number of nitrogens with zero attached hydrogens (tertiary/aromatic N) is 1. The molecule has 0 bridgehead atoms. The van der Waals surface area contributed by atoms with Gasteiger partial charge in [0.05, 0.1) is 11.8 Å². The third-order valence-corrected chi connectivity index (χ3v) is 3.34. The molecule has 1 aliphatic heterocycles. The molecule has 1 atom stereocenters. The molecule has 1 aromatic heterocycles. The summed E-state index contributed by atoms with van der Waals surface area (Å²) in [5, 5.41) is 0. The van der Waals surface area contributed by atoms with Gasteiger partial charge in [0, 0.05) is 11.3 Å². The summed E-state index contributed by atoms with van der Waals surface area (Å²) in [5.41, 5.74) is 1.78. The topological polar surface area (TPSA) is 40.6 Å². The molecule has 0 radical (unpaired) electrons. The average Bonchev–Trinajstić information content (AvgIpc) is 2.84. The van der Waals surface area contributed by atoms with Crippen LogP contribution in [-0.4, -0.2) is 17.2 Å². The summed E-state index contributed by atoms with van der Waals surface area (Å²) < 4.78 is 17.8. The lowest BCUT2D eigenvalue weighted by Crippen LogP contribution is -2.23. The molecule has 0 N–H and O–H groups in total. The summed E-state index contributed by atoms with van der Waals surface area (Å²) in [5.74, 6) is 2.16. The molecule has 4 nitrogen and oxygen atoms in total. The predicted octanol–water partition coefficient (Wildman–Crippen LogP) is 4.43. The number of para-hydroxylation sites is 1. The second-order valence-electron chi connectivity index (χ2n) is 6.44. The Morgan fingerprint density at radius 1 is 1.18 bits per heavy atom. The van der Waals surface area contributed by atoms with Crippen LogP contribution >= 0.6 is 0 Å². The van der Waals surface area contributed by atoms with Gasteiger partial charge in [0.25, 0.3) is 0 Å². The zero-order chi connectivity index (χ0) is 15.7. The monoisotopic (exact) mass is 299 g/mol. The van der Waals surface area contributed by atoms with E-state index in [1.807, 2.05) is 58.0 Å². The first kappa shape index (κ1) is 14.9. The first-order valence-electron chi connectivity index (χ1n) is 7.46. The minimum Gasteiger partial charge on any atom is -0.486 e. The van der Waals surface area contributed by atoms with Crippen molar-refractivity contribution in [2.45, 2.75) is 39.4 Å². The molecule has 2 heterocycles. The first-order chi connectivity index (χ1) is 10.4. The van der Waals surface area contributed by atoms with E-state index in [1.165, 1.54) is 0 Å². The lowest BCUT2D eigenvalue weighted by molar-refractivity contribution is -0.0672. The number of aromatic nitrogens is 1. The van der Waals surface area contributed by atoms with Crippen molar-refractivity contribution in [3.05, 3.63) is 47.8 Å². The fraction of sp³-hybridized carbons (Fsp3) is 0.389. The van der Waals surface area contributed by atoms with Crippen LogP contribution < -0.4 is 9.47 Å². The second-order valence-corrected chi connectivity index (χ2v) is 6.44. The molecule has 0 unspecified atom stereocenters. The highest BCUT2D eigenvalue weighted by Gasteiger charge is 2.31. The zero-order valence-electron chi connectivity index (χ0n) is 13.4. The Bertz CT molecular complexity index is 659. The summed E-state index contributed by atoms with van der Waals surface area (Å²) in [6.45, 7) is 8.59. The molecular formula is C18H21NO3. The number of ether oxygens (including phenoxy) is 3. The average molecular weight is 299 g/mol. The summed E-state index contributed by atoms with van der Waals surface area (Å²) in [6.07, 6.45) is 1.65. The fourth-order valence-corrected chi connectivity index (χ4v) is 2.44. The largest absolute Gasteiger partial charge is 0.486 e. The van der Waals surface area contributed by atoms with Gasteiger partial charge in [-0.1, -0.05) is 12.1 Å². The molecule has 116 valence electrons. The van der Waals surface area contributed by atoms with Gasteiger partial charge in [0.15, 0.2) is 11.5 Å². The Balaban J connectivity index is 1.85. The molecule has 0 amide bonds. The van der Waals surface area contributed by atoms with Gasteiger partial charge >= 0.3 is 0 Å². The number of pyridine rings is 1. The number of hydrogen-bond acceptors (Lipinski definition) is 4. The molecule has 0 spiro atoms. The first-order valence-corrected chi connectivity index (χ1v) is 7.46. The van der Waals surface area contributed by atoms with Gasteiger partial charge in [-0.2, -0.15) is 0 Å². The highest BCUT2D eigenvalue weighted by Crippen LogP contribution is 2.44. The molecule has 1 aliphatic rings. The van der Waals surface area contributed by atoms with Crippen molar-refractivity contribution in [2.75, 3.05) is 6.61 Å². The summed E-state index contributed by atoms with van der Waals surface area (Å²) in [6, 6.07) is 9.71. The van der Waals surface area contributed by atoms with E-state index in [0.717, 1.165) is 17.0 Å². The van der Waals surface area contributed by atoms with Gasteiger partial charge in [-0.3, -0.25) is 4.98 Å². The normalized spacial score (nSPS) is 17.0. The maximum absolute atomic E-state index is 6.05. The Morgan fingerprint density at radius 2 is 2.00 bits per heavy atom. The molecule has 1 aromatic carbocycles. The van der Waals surface area contributed by atoms with Crippen LogP contribution in [0.25, 0.3) is 0 Å². The predicted molar refractivity (Wildman–Crippen MR) is 84.6 cm³/mol. The van der Waals surface area contributed by atoms with Crippen LogP contribution in [0.4, 0.5) is 0 Å². The van der Waals surface area contributed by atoms with Gasteiger partial charge in [0.1, 0.15) is 18.5 Å². The molecule has 2 aromatic rings. The standard InChI is InChI=1S/C18H21NO3/c1-12-8-9-13(10-19-12)21-15-7-5-6-14-16(11-20-17(14)15)22-18(2,3)4/h5-10,16H,11H2,1-4H3/t16-/m1/s1. The summed E-state index contributed by atoms with van der Waals surface area (Å²) >= 11 is 0. The summed E-state index contributed by atoms with van der Waals surface area (Å²) in [4.78, 5) is 4.24. The number of fused-ring (bicyclic) bond motifs is 1. The third-order valence-electron chi connectivity index (χ3n) is 3.34. The van der Waals surface area contributed by atoms with Crippen LogP contribution in [0.3, 0.4) is 0 Å². The summed E-state index contributed by atoms with van der Waals surface area (Å²) in [7, 11) is 0. The Morgan fingerprint density at radius 3 is 2.68 bits per heavy atom. The third kappa shape index (κ3) is 3.22. The van der Waals surface area contributed by atoms with Crippen LogP contribution in [0, 0.1) is 6.92 Å². The Labute approximate surface area is 131 Å². The Kier molecular flexibility index (Phi) is 3.79. The minimum atomic E-state index is -0.215. The van der Waals surface area contributed by atoms with Crippen molar-refractivity contribution in [1.29, 1.82) is 0 Å². The van der Waals surface area contributed by atoms with E-state index in [9.17, 15) is 0 Å². The molecule has 0 fully saturated rings. The van der Waals surface area contributed by atoms with E-state index in [0.29, 0.717) is 18.1 Å². The molecule has 22 heavy (non-hydrogen) atoms. The van der Waals surface area contributed by atoms with Crippen molar-refractivity contribution in [1.82, 2.24) is 4.98 Å². The number of hydrogen-bond donors (Lipinski definition) is 0. The highest BCUT2D eigenvalue weighted by molar-refractivity contribution is 5.51. The molecule has 0 saturated carbocycles. The van der Waals surface area contributed by atoms with Crippen LogP contribution in [0.5, 0.6) is 17.2 Å². The molecule has 0 aliphatic carbocycles. The minimum absolute atomic E-state index is 0.0605. The van der Waals surface area contributed by atoms with E-state index >= 15 is 0 Å². The van der Waals surface area contributed by atoms with Gasteiger partial charge in [-0.05, 0) is 45.9 Å². The van der Waals surface area contributed by atoms with Crippen LogP contribution in [0.1, 0.15) is 38.1 Å². The lowest BCUT2D eigenvalue weighted by Gasteiger charge is -2.24. The SMILES string of the molecule is Cc1ccc(Oc2cccc3c2OC[C@H]3OC(C)(C)C)cn1. The van der Waals surface area contributed by atoms with Crippen molar-refractivity contribution in [3.8, 4) is 17.2 Å². The van der Waals surface area contributed by atoms with Crippen molar-refractivity contribution >= 4 is 0 Å². The maximum atomic E-state index is 6.05. The number of aryl methyl sites for hydroxylation is 1. The van der Waals surface area contributed by atoms with Crippen molar-refractivity contribution in [3.63, 3.8) is 0 Å². The second kappa shape index (κ2) is 5.61. The molecule has 4 heteroatoms. The van der Waals surface area contributed by atoms with Crippen molar-refractivity contribution < 1.29 is 14.2 Å². The van der Waals surface area contributed by atoms with Gasteiger partial charge in [-0.25, -0.2) is 0 Å². The highest BCUT2D eigenvalue weighted by atomic mass is 16.6. The van der Waals surface area contributed by atoms with E-state index < -0.39 is 0 Å². The Hall–Kier alpha value is -2.07. The van der Waals surface area contributed by atoms with Crippen molar-refractivity contribution in [2.24, 2.45) is 0 Å². The van der Waals surface area contributed by atoms with E-state index in [1.54, 1.807) is 6.20 Å². The number of benzene rings is 1. The van der Waals surface area contributed by atoms with Gasteiger partial charge in [0.2, 0.25) is 0 Å². The molecule has 3 rings (SSSR count). The smallest absolute Gasteiger partial charge is 0.169 e. The van der Waals surface area contributed by atoms with E-state index in [4.69, 9.17) is 14.2 Å². The number of rotatable bonds is 3. The van der Waals surface area contributed by atoms with Gasteiger partial charge in [-0.15, -0.1) is 0 Å². The van der Waals surface area contributed by atoms with Crippen LogP contribution in [0.2, 0.25) is 0 Å². The molecule has 0 saturated heterocycles. The van der Waals surface area contributed by atoms with Crippen LogP contribution in [0.15, 0.2) is 36.5 Å².